The second kappa shape index (κ2) is 5.66. The molecule has 0 aromatic rings. The van der Waals surface area contributed by atoms with Gasteiger partial charge < -0.3 is 14.7 Å². The van der Waals surface area contributed by atoms with Crippen LogP contribution < -0.4 is 0 Å². The molecule has 0 spiro atoms. The van der Waals surface area contributed by atoms with Crippen molar-refractivity contribution in [3.05, 3.63) is 0 Å². The molecule has 5 heteroatoms. The third-order valence-electron chi connectivity index (χ3n) is 2.60. The number of rotatable bonds is 4. The van der Waals surface area contributed by atoms with Crippen LogP contribution in [0.4, 0.5) is 0 Å². The average Bonchev–Trinajstić information content (AvgIpc) is 2.17. The molecule has 1 fully saturated rings. The number of alkyl halides is 1. The third kappa shape index (κ3) is 4.35. The van der Waals surface area contributed by atoms with Crippen LogP contribution in [0.25, 0.3) is 0 Å². The van der Waals surface area contributed by atoms with Gasteiger partial charge in [0.1, 0.15) is 5.38 Å². The third-order valence-corrected chi connectivity index (χ3v) is 2.84. The highest BCUT2D eigenvalue weighted by atomic mass is 35.5. The first-order valence-corrected chi connectivity index (χ1v) is 5.52. The molecule has 86 valence electrons. The van der Waals surface area contributed by atoms with Crippen molar-refractivity contribution < 1.29 is 9.84 Å². The number of likely N-dealkylation sites (N-methyl/N-ethyl adjacent to an activating group) is 1. The number of aliphatic hydroxyl groups is 1. The highest BCUT2D eigenvalue weighted by molar-refractivity contribution is 6.22. The smallest absolute Gasteiger partial charge is 0.133 e. The zero-order valence-electron chi connectivity index (χ0n) is 8.95. The largest absolute Gasteiger partial charge is 0.388 e. The van der Waals surface area contributed by atoms with Gasteiger partial charge in [-0.1, -0.05) is 0 Å². The van der Waals surface area contributed by atoms with Gasteiger partial charge in [-0.05, 0) is 7.05 Å². The molecule has 1 aliphatic rings. The van der Waals surface area contributed by atoms with Crippen LogP contribution >= 0.6 is 11.6 Å². The van der Waals surface area contributed by atoms with Crippen LogP contribution in [0.2, 0.25) is 0 Å². The van der Waals surface area contributed by atoms with Crippen molar-refractivity contribution in [2.75, 3.05) is 33.4 Å². The van der Waals surface area contributed by atoms with E-state index in [0.29, 0.717) is 39.1 Å². The van der Waals surface area contributed by atoms with E-state index in [9.17, 15) is 5.11 Å². The minimum atomic E-state index is -0.681. The minimum Gasteiger partial charge on any atom is -0.388 e. The molecule has 0 amide bonds. The van der Waals surface area contributed by atoms with E-state index >= 15 is 0 Å². The number of ether oxygens (including phenoxy) is 1. The highest BCUT2D eigenvalue weighted by Crippen LogP contribution is 2.21. The van der Waals surface area contributed by atoms with E-state index in [1.807, 2.05) is 18.0 Å². The lowest BCUT2D eigenvalue weighted by atomic mass is 9.94. The molecule has 1 aliphatic heterocycles. The van der Waals surface area contributed by atoms with E-state index in [0.717, 1.165) is 0 Å². The fourth-order valence-electron chi connectivity index (χ4n) is 1.79. The SMILES string of the molecule is CN(CC(Cl)C#N)CC1(O)CCOCC1. The standard InChI is InChI=1S/C10H17ClN2O2/c1-13(7-9(11)6-12)8-10(14)2-4-15-5-3-10/h9,14H,2-5,7-8H2,1H3. The van der Waals surface area contributed by atoms with Gasteiger partial charge in [0.2, 0.25) is 0 Å². The van der Waals surface area contributed by atoms with Crippen LogP contribution in [0.3, 0.4) is 0 Å². The molecule has 15 heavy (non-hydrogen) atoms. The van der Waals surface area contributed by atoms with Crippen molar-refractivity contribution in [2.24, 2.45) is 0 Å². The predicted octanol–water partition coefficient (Wildman–Crippen LogP) is 0.591. The number of hydrogen-bond acceptors (Lipinski definition) is 4. The van der Waals surface area contributed by atoms with Crippen molar-refractivity contribution in [1.29, 1.82) is 5.26 Å². The first kappa shape index (κ1) is 12.7. The summed E-state index contributed by atoms with van der Waals surface area (Å²) in [5, 5.41) is 18.2. The van der Waals surface area contributed by atoms with Gasteiger partial charge in [-0.15, -0.1) is 11.6 Å². The molecule has 0 bridgehead atoms. The second-order valence-corrected chi connectivity index (χ2v) is 4.66. The molecular weight excluding hydrogens is 216 g/mol. The summed E-state index contributed by atoms with van der Waals surface area (Å²) in [7, 11) is 1.86. The molecule has 4 nitrogen and oxygen atoms in total. The van der Waals surface area contributed by atoms with E-state index in [2.05, 4.69) is 0 Å². The Kier molecular flexibility index (Phi) is 4.81. The summed E-state index contributed by atoms with van der Waals surface area (Å²) in [6.45, 7) is 2.22. The van der Waals surface area contributed by atoms with Gasteiger partial charge in [0, 0.05) is 39.1 Å². The number of nitriles is 1. The van der Waals surface area contributed by atoms with Gasteiger partial charge in [0.15, 0.2) is 0 Å². The topological polar surface area (TPSA) is 56.5 Å². The van der Waals surface area contributed by atoms with E-state index in [-0.39, 0.29) is 0 Å². The fourth-order valence-corrected chi connectivity index (χ4v) is 2.03. The van der Waals surface area contributed by atoms with Crippen LogP contribution in [0.5, 0.6) is 0 Å². The molecule has 1 saturated heterocycles. The first-order valence-electron chi connectivity index (χ1n) is 5.08. The Balaban J connectivity index is 2.36. The van der Waals surface area contributed by atoms with Crippen molar-refractivity contribution in [3.63, 3.8) is 0 Å². The predicted molar refractivity (Wildman–Crippen MR) is 57.8 cm³/mol. The summed E-state index contributed by atoms with van der Waals surface area (Å²) >= 11 is 5.71. The van der Waals surface area contributed by atoms with Crippen LogP contribution in [0, 0.1) is 11.3 Å². The molecule has 0 radical (unpaired) electrons. The lowest BCUT2D eigenvalue weighted by Gasteiger charge is -2.35. The molecule has 1 heterocycles. The minimum absolute atomic E-state index is 0.473. The molecule has 0 aromatic heterocycles. The van der Waals surface area contributed by atoms with E-state index in [1.165, 1.54) is 0 Å². The van der Waals surface area contributed by atoms with E-state index in [1.54, 1.807) is 0 Å². The number of hydrogen-bond donors (Lipinski definition) is 1. The Morgan fingerprint density at radius 3 is 2.73 bits per heavy atom. The Labute approximate surface area is 95.4 Å². The van der Waals surface area contributed by atoms with Crippen molar-refractivity contribution >= 4 is 11.6 Å². The lowest BCUT2D eigenvalue weighted by Crippen LogP contribution is -2.46. The number of halogens is 1. The molecule has 0 aromatic carbocycles. The monoisotopic (exact) mass is 232 g/mol. The molecular formula is C10H17ClN2O2. The summed E-state index contributed by atoms with van der Waals surface area (Å²) in [5.74, 6) is 0. The lowest BCUT2D eigenvalue weighted by molar-refractivity contribution is -0.0765. The van der Waals surface area contributed by atoms with Crippen LogP contribution in [-0.2, 0) is 4.74 Å². The van der Waals surface area contributed by atoms with Gasteiger partial charge in [-0.3, -0.25) is 0 Å². The van der Waals surface area contributed by atoms with Gasteiger partial charge in [-0.25, -0.2) is 0 Å². The maximum Gasteiger partial charge on any atom is 0.133 e. The molecule has 0 saturated carbocycles. The fraction of sp³-hybridized carbons (Fsp3) is 0.900. The summed E-state index contributed by atoms with van der Waals surface area (Å²) in [6.07, 6.45) is 1.30. The van der Waals surface area contributed by atoms with Crippen molar-refractivity contribution in [3.8, 4) is 6.07 Å². The Morgan fingerprint density at radius 2 is 2.20 bits per heavy atom. The maximum absolute atomic E-state index is 10.2. The molecule has 1 atom stereocenters. The first-order chi connectivity index (χ1) is 7.06. The second-order valence-electron chi connectivity index (χ2n) is 4.13. The summed E-state index contributed by atoms with van der Waals surface area (Å²) < 4.78 is 5.19. The van der Waals surface area contributed by atoms with Crippen LogP contribution in [0.15, 0.2) is 0 Å². The Morgan fingerprint density at radius 1 is 1.60 bits per heavy atom. The maximum atomic E-state index is 10.2. The van der Waals surface area contributed by atoms with Crippen LogP contribution in [0.1, 0.15) is 12.8 Å². The van der Waals surface area contributed by atoms with Crippen LogP contribution in [-0.4, -0.2) is 54.3 Å². The zero-order valence-corrected chi connectivity index (χ0v) is 9.70. The molecule has 1 unspecified atom stereocenters. The molecule has 0 aliphatic carbocycles. The van der Waals surface area contributed by atoms with Crippen molar-refractivity contribution in [2.45, 2.75) is 23.8 Å². The summed E-state index contributed by atoms with van der Waals surface area (Å²) in [4.78, 5) is 1.90. The quantitative estimate of drug-likeness (QED) is 0.721. The van der Waals surface area contributed by atoms with Gasteiger partial charge in [0.05, 0.1) is 11.7 Å². The van der Waals surface area contributed by atoms with E-state index < -0.39 is 11.0 Å². The van der Waals surface area contributed by atoms with E-state index in [4.69, 9.17) is 21.6 Å². The summed E-state index contributed by atoms with van der Waals surface area (Å²) in [5.41, 5.74) is -0.681. The molecule has 1 rings (SSSR count). The summed E-state index contributed by atoms with van der Waals surface area (Å²) in [6, 6.07) is 1.96. The Bertz CT molecular complexity index is 236. The number of nitrogens with zero attached hydrogens (tertiary/aromatic N) is 2. The zero-order chi connectivity index (χ0) is 11.3. The van der Waals surface area contributed by atoms with Crippen molar-refractivity contribution in [1.82, 2.24) is 4.90 Å². The van der Waals surface area contributed by atoms with Gasteiger partial charge in [0.25, 0.3) is 0 Å². The highest BCUT2D eigenvalue weighted by Gasteiger charge is 2.31. The average molecular weight is 233 g/mol. The van der Waals surface area contributed by atoms with Gasteiger partial charge >= 0.3 is 0 Å². The normalized spacial score (nSPS) is 22.3. The Hall–Kier alpha value is -0.340. The molecule has 1 N–H and O–H groups in total. The van der Waals surface area contributed by atoms with Gasteiger partial charge in [-0.2, -0.15) is 5.26 Å².